The van der Waals surface area contributed by atoms with E-state index >= 15 is 0 Å². The fourth-order valence-electron chi connectivity index (χ4n) is 11.4. The summed E-state index contributed by atoms with van der Waals surface area (Å²) < 4.78 is 0. The second-order valence-corrected chi connectivity index (χ2v) is 19.0. The number of hydrogen-bond acceptors (Lipinski definition) is 0. The van der Waals surface area contributed by atoms with Crippen LogP contribution in [0.15, 0.2) is 182 Å². The summed E-state index contributed by atoms with van der Waals surface area (Å²) in [6.45, 7) is 14.2. The van der Waals surface area contributed by atoms with Gasteiger partial charge in [0.25, 0.3) is 0 Å². The maximum absolute atomic E-state index is 2.51. The zero-order chi connectivity index (χ0) is 42.1. The van der Waals surface area contributed by atoms with Gasteiger partial charge in [-0.3, -0.25) is 0 Å². The van der Waals surface area contributed by atoms with Gasteiger partial charge in [-0.25, -0.2) is 0 Å². The van der Waals surface area contributed by atoms with Gasteiger partial charge in [0.05, 0.1) is 0 Å². The molecule has 296 valence electrons. The highest BCUT2D eigenvalue weighted by molar-refractivity contribution is 6.23. The molecule has 62 heavy (non-hydrogen) atoms. The highest BCUT2D eigenvalue weighted by Crippen LogP contribution is 2.62. The fraction of sp³-hybridized carbons (Fsp3) is 0.129. The van der Waals surface area contributed by atoms with Crippen molar-refractivity contribution < 1.29 is 0 Å². The normalized spacial score (nSPS) is 14.2. The molecule has 0 N–H and O–H groups in total. The van der Waals surface area contributed by atoms with Crippen LogP contribution in [-0.2, 0) is 10.8 Å². The fourth-order valence-corrected chi connectivity index (χ4v) is 11.4. The SMILES string of the molecule is Cc1ccc(-c2c(-c3ccc(C)cc3)c3c4c(ccc5c4c2-c2ccc(-c4cccc6ccccc46)cc2C5(C)C)C(C)(C)c2cc(-c4cccc5ccccc45)ccc2-3)cc1. The third kappa shape index (κ3) is 5.20. The molecule has 0 unspecified atom stereocenters. The van der Waals surface area contributed by atoms with Crippen molar-refractivity contribution in [3.63, 3.8) is 0 Å². The van der Waals surface area contributed by atoms with E-state index in [4.69, 9.17) is 0 Å². The van der Waals surface area contributed by atoms with Gasteiger partial charge in [-0.05, 0) is 147 Å². The van der Waals surface area contributed by atoms with E-state index in [1.165, 1.54) is 132 Å². The van der Waals surface area contributed by atoms with Crippen LogP contribution in [0.3, 0.4) is 0 Å². The van der Waals surface area contributed by atoms with Gasteiger partial charge >= 0.3 is 0 Å². The minimum absolute atomic E-state index is 0.267. The highest BCUT2D eigenvalue weighted by Gasteiger charge is 2.43. The lowest BCUT2D eigenvalue weighted by Crippen LogP contribution is -2.28. The molecule has 0 saturated heterocycles. The van der Waals surface area contributed by atoms with E-state index in [1.54, 1.807) is 0 Å². The van der Waals surface area contributed by atoms with Crippen LogP contribution >= 0.6 is 0 Å². The summed E-state index contributed by atoms with van der Waals surface area (Å²) >= 11 is 0. The molecule has 0 amide bonds. The molecule has 0 atom stereocenters. The van der Waals surface area contributed by atoms with E-state index in [-0.39, 0.29) is 10.8 Å². The third-order valence-electron chi connectivity index (χ3n) is 14.6. The van der Waals surface area contributed by atoms with Crippen LogP contribution < -0.4 is 0 Å². The lowest BCUT2D eigenvalue weighted by atomic mass is 9.60. The first-order chi connectivity index (χ1) is 30.1. The van der Waals surface area contributed by atoms with Crippen molar-refractivity contribution in [3.05, 3.63) is 215 Å². The third-order valence-corrected chi connectivity index (χ3v) is 14.6. The van der Waals surface area contributed by atoms with Crippen LogP contribution in [0.1, 0.15) is 61.1 Å². The standard InChI is InChI=1S/C62H48/c1-37-21-25-41(26-22-37)55-56(42-27-23-38(2)24-28-42)58-50-32-30-44(48-20-12-16-40-14-8-10-18-46(40)48)36-54(50)62(5,6)52-34-33-51-59(60(52)58)57(55)49-31-29-43(35-53(49)61(51,3)4)47-19-11-15-39-13-7-9-17-45(39)47/h7-36H,1-6H3. The molecule has 0 bridgehead atoms. The summed E-state index contributed by atoms with van der Waals surface area (Å²) in [7, 11) is 0. The molecule has 0 saturated carbocycles. The lowest BCUT2D eigenvalue weighted by Gasteiger charge is -2.43. The Labute approximate surface area is 365 Å². The van der Waals surface area contributed by atoms with E-state index < -0.39 is 0 Å². The van der Waals surface area contributed by atoms with Gasteiger partial charge in [-0.2, -0.15) is 0 Å². The van der Waals surface area contributed by atoms with E-state index in [0.29, 0.717) is 0 Å². The van der Waals surface area contributed by atoms with E-state index in [2.05, 4.69) is 224 Å². The molecule has 0 heteroatoms. The Morgan fingerprint density at radius 2 is 0.661 bits per heavy atom. The van der Waals surface area contributed by atoms with Gasteiger partial charge in [0, 0.05) is 10.8 Å². The first-order valence-corrected chi connectivity index (χ1v) is 22.2. The summed E-state index contributed by atoms with van der Waals surface area (Å²) in [5.41, 5.74) is 23.1. The second kappa shape index (κ2) is 13.2. The minimum atomic E-state index is -0.267. The Morgan fingerprint density at radius 3 is 1.08 bits per heavy atom. The number of aryl methyl sites for hydroxylation is 2. The Bertz CT molecular complexity index is 3260. The Balaban J connectivity index is 1.24. The second-order valence-electron chi connectivity index (χ2n) is 19.0. The molecule has 0 aliphatic heterocycles. The molecule has 2 aliphatic carbocycles. The smallest absolute Gasteiger partial charge is 0.0159 e. The van der Waals surface area contributed by atoms with Crippen LogP contribution in [0.25, 0.3) is 99.1 Å². The molecule has 12 rings (SSSR count). The number of fused-ring (bicyclic) bond motifs is 6. The Kier molecular flexibility index (Phi) is 7.86. The molecule has 0 fully saturated rings. The van der Waals surface area contributed by atoms with Crippen molar-refractivity contribution in [2.45, 2.75) is 52.4 Å². The predicted octanol–water partition coefficient (Wildman–Crippen LogP) is 17.0. The van der Waals surface area contributed by atoms with Crippen molar-refractivity contribution in [3.8, 4) is 66.8 Å². The number of benzene rings is 10. The molecule has 2 aliphatic rings. The van der Waals surface area contributed by atoms with Crippen LogP contribution in [0.2, 0.25) is 0 Å². The molecule has 0 spiro atoms. The van der Waals surface area contributed by atoms with Gasteiger partial charge in [0.1, 0.15) is 0 Å². The van der Waals surface area contributed by atoms with Crippen LogP contribution in [0, 0.1) is 13.8 Å². The molecular weight excluding hydrogens is 745 g/mol. The monoisotopic (exact) mass is 792 g/mol. The molecule has 0 heterocycles. The Morgan fingerprint density at radius 1 is 0.290 bits per heavy atom. The van der Waals surface area contributed by atoms with Crippen LogP contribution in [-0.4, -0.2) is 0 Å². The predicted molar refractivity (Wildman–Crippen MR) is 265 cm³/mol. The summed E-state index contributed by atoms with van der Waals surface area (Å²) in [6.07, 6.45) is 0. The van der Waals surface area contributed by atoms with Gasteiger partial charge in [-0.1, -0.05) is 209 Å². The van der Waals surface area contributed by atoms with Crippen LogP contribution in [0.4, 0.5) is 0 Å². The molecule has 10 aromatic carbocycles. The first kappa shape index (κ1) is 36.8. The maximum Gasteiger partial charge on any atom is 0.0159 e. The molecule has 0 nitrogen and oxygen atoms in total. The zero-order valence-electron chi connectivity index (χ0n) is 36.3. The van der Waals surface area contributed by atoms with Crippen LogP contribution in [0.5, 0.6) is 0 Å². The zero-order valence-corrected chi connectivity index (χ0v) is 36.3. The minimum Gasteiger partial charge on any atom is -0.0616 e. The summed E-state index contributed by atoms with van der Waals surface area (Å²) in [5, 5.41) is 7.90. The van der Waals surface area contributed by atoms with Crippen molar-refractivity contribution in [2.24, 2.45) is 0 Å². The molecular formula is C62H48. The van der Waals surface area contributed by atoms with Crippen molar-refractivity contribution in [2.75, 3.05) is 0 Å². The first-order valence-electron chi connectivity index (χ1n) is 22.2. The van der Waals surface area contributed by atoms with Crippen molar-refractivity contribution in [1.82, 2.24) is 0 Å². The molecule has 0 radical (unpaired) electrons. The average Bonchev–Trinajstić information content (AvgIpc) is 3.29. The van der Waals surface area contributed by atoms with Gasteiger partial charge in [0.2, 0.25) is 0 Å². The van der Waals surface area contributed by atoms with Crippen molar-refractivity contribution in [1.29, 1.82) is 0 Å². The maximum atomic E-state index is 2.51. The average molecular weight is 793 g/mol. The number of rotatable bonds is 4. The van der Waals surface area contributed by atoms with Crippen molar-refractivity contribution >= 4 is 32.3 Å². The number of hydrogen-bond donors (Lipinski definition) is 0. The van der Waals surface area contributed by atoms with Gasteiger partial charge < -0.3 is 0 Å². The van der Waals surface area contributed by atoms with Gasteiger partial charge in [-0.15, -0.1) is 0 Å². The molecule has 10 aromatic rings. The summed E-state index contributed by atoms with van der Waals surface area (Å²) in [6, 6.07) is 69.3. The topological polar surface area (TPSA) is 0 Å². The van der Waals surface area contributed by atoms with E-state index in [1.807, 2.05) is 0 Å². The van der Waals surface area contributed by atoms with E-state index in [0.717, 1.165) is 0 Å². The summed E-state index contributed by atoms with van der Waals surface area (Å²) in [4.78, 5) is 0. The summed E-state index contributed by atoms with van der Waals surface area (Å²) in [5.74, 6) is 0. The van der Waals surface area contributed by atoms with Gasteiger partial charge in [0.15, 0.2) is 0 Å². The lowest BCUT2D eigenvalue weighted by molar-refractivity contribution is 0.633. The van der Waals surface area contributed by atoms with E-state index in [9.17, 15) is 0 Å². The largest absolute Gasteiger partial charge is 0.0616 e. The highest BCUT2D eigenvalue weighted by atomic mass is 14.5. The quantitative estimate of drug-likeness (QED) is 0.167. The Hall–Kier alpha value is -7.02. The molecule has 0 aromatic heterocycles.